The largest absolute Gasteiger partial charge is 0.352 e. The van der Waals surface area contributed by atoms with Gasteiger partial charge in [-0.2, -0.15) is 0 Å². The quantitative estimate of drug-likeness (QED) is 0.450. The third-order valence-corrected chi connectivity index (χ3v) is 6.32. The number of nitrogens with zero attached hydrogens (tertiary/aromatic N) is 1. The molecule has 0 spiro atoms. The van der Waals surface area contributed by atoms with Crippen molar-refractivity contribution in [3.8, 4) is 0 Å². The Morgan fingerprint density at radius 3 is 2.34 bits per heavy atom. The van der Waals surface area contributed by atoms with E-state index in [4.69, 9.17) is 11.6 Å². The van der Waals surface area contributed by atoms with Crippen molar-refractivity contribution in [1.82, 2.24) is 10.2 Å². The fourth-order valence-electron chi connectivity index (χ4n) is 3.75. The summed E-state index contributed by atoms with van der Waals surface area (Å²) in [6, 6.07) is 21.2. The van der Waals surface area contributed by atoms with Crippen LogP contribution >= 0.6 is 11.6 Å². The molecular weight excluding hydrogens is 420 g/mol. The van der Waals surface area contributed by atoms with Crippen LogP contribution in [0.5, 0.6) is 0 Å². The van der Waals surface area contributed by atoms with Crippen LogP contribution in [0.15, 0.2) is 66.7 Å². The number of aryl methyl sites for hydroxylation is 1. The molecule has 0 unspecified atom stereocenters. The lowest BCUT2D eigenvalue weighted by molar-refractivity contribution is -0.140. The number of hydrogen-bond acceptors (Lipinski definition) is 2. The molecule has 2 atom stereocenters. The topological polar surface area (TPSA) is 49.4 Å². The third kappa shape index (κ3) is 5.89. The Balaban J connectivity index is 1.80. The van der Waals surface area contributed by atoms with Crippen LogP contribution in [0.3, 0.4) is 0 Å². The SMILES string of the molecule is CC[C@@H](C)NC(=O)[C@H](C)N(Cc1ccccc1Cl)C(=O)CCc1cccc2ccccc12. The molecule has 3 aromatic rings. The van der Waals surface area contributed by atoms with Gasteiger partial charge in [-0.1, -0.05) is 79.2 Å². The van der Waals surface area contributed by atoms with Crippen LogP contribution in [0.25, 0.3) is 10.8 Å². The van der Waals surface area contributed by atoms with Crippen LogP contribution in [0, 0.1) is 0 Å². The van der Waals surface area contributed by atoms with E-state index in [-0.39, 0.29) is 17.9 Å². The number of rotatable bonds is 9. The first kappa shape index (κ1) is 23.8. The van der Waals surface area contributed by atoms with Gasteiger partial charge in [0.15, 0.2) is 0 Å². The summed E-state index contributed by atoms with van der Waals surface area (Å²) in [5, 5.41) is 5.90. The number of carbonyl (C=O) groups excluding carboxylic acids is 2. The van der Waals surface area contributed by atoms with Gasteiger partial charge in [-0.05, 0) is 54.7 Å². The van der Waals surface area contributed by atoms with Gasteiger partial charge < -0.3 is 10.2 Å². The van der Waals surface area contributed by atoms with E-state index in [1.807, 2.05) is 50.2 Å². The van der Waals surface area contributed by atoms with Gasteiger partial charge in [-0.25, -0.2) is 0 Å². The molecule has 1 N–H and O–H groups in total. The van der Waals surface area contributed by atoms with Crippen molar-refractivity contribution in [2.75, 3.05) is 0 Å². The minimum atomic E-state index is -0.597. The average molecular weight is 451 g/mol. The summed E-state index contributed by atoms with van der Waals surface area (Å²) >= 11 is 6.36. The van der Waals surface area contributed by atoms with Gasteiger partial charge in [-0.15, -0.1) is 0 Å². The first-order valence-electron chi connectivity index (χ1n) is 11.2. The van der Waals surface area contributed by atoms with E-state index in [9.17, 15) is 9.59 Å². The highest BCUT2D eigenvalue weighted by atomic mass is 35.5. The Morgan fingerprint density at radius 2 is 1.59 bits per heavy atom. The summed E-state index contributed by atoms with van der Waals surface area (Å²) in [6.45, 7) is 6.06. The molecule has 0 bridgehead atoms. The van der Waals surface area contributed by atoms with Gasteiger partial charge in [0.25, 0.3) is 0 Å². The highest BCUT2D eigenvalue weighted by molar-refractivity contribution is 6.31. The van der Waals surface area contributed by atoms with E-state index in [2.05, 4.69) is 29.6 Å². The molecule has 0 aliphatic rings. The van der Waals surface area contributed by atoms with Crippen LogP contribution in [0.2, 0.25) is 5.02 Å². The smallest absolute Gasteiger partial charge is 0.242 e. The van der Waals surface area contributed by atoms with Crippen molar-refractivity contribution in [2.45, 2.75) is 58.7 Å². The zero-order valence-corrected chi connectivity index (χ0v) is 19.7. The summed E-state index contributed by atoms with van der Waals surface area (Å²) < 4.78 is 0. The number of fused-ring (bicyclic) bond motifs is 1. The lowest BCUT2D eigenvalue weighted by Crippen LogP contribution is -2.49. The van der Waals surface area contributed by atoms with Gasteiger partial charge in [-0.3, -0.25) is 9.59 Å². The maximum Gasteiger partial charge on any atom is 0.242 e. The minimum absolute atomic E-state index is 0.0536. The Labute approximate surface area is 195 Å². The maximum absolute atomic E-state index is 13.4. The molecule has 32 heavy (non-hydrogen) atoms. The molecule has 4 nitrogen and oxygen atoms in total. The van der Waals surface area contributed by atoms with Crippen molar-refractivity contribution in [1.29, 1.82) is 0 Å². The predicted octanol–water partition coefficient (Wildman–Crippen LogP) is 5.76. The normalized spacial score (nSPS) is 12.9. The lowest BCUT2D eigenvalue weighted by atomic mass is 10.0. The van der Waals surface area contributed by atoms with Gasteiger partial charge >= 0.3 is 0 Å². The van der Waals surface area contributed by atoms with Gasteiger partial charge in [0, 0.05) is 24.0 Å². The molecule has 0 aliphatic carbocycles. The highest BCUT2D eigenvalue weighted by Crippen LogP contribution is 2.22. The van der Waals surface area contributed by atoms with Crippen molar-refractivity contribution in [3.05, 3.63) is 82.9 Å². The highest BCUT2D eigenvalue weighted by Gasteiger charge is 2.27. The second-order valence-electron chi connectivity index (χ2n) is 8.25. The van der Waals surface area contributed by atoms with E-state index in [0.717, 1.165) is 28.3 Å². The monoisotopic (exact) mass is 450 g/mol. The molecule has 0 radical (unpaired) electrons. The van der Waals surface area contributed by atoms with E-state index in [1.165, 1.54) is 0 Å². The second-order valence-corrected chi connectivity index (χ2v) is 8.65. The number of halogens is 1. The Kier molecular flexibility index (Phi) is 8.29. The molecule has 0 saturated heterocycles. The number of carbonyl (C=O) groups is 2. The van der Waals surface area contributed by atoms with Crippen molar-refractivity contribution < 1.29 is 9.59 Å². The molecule has 3 aromatic carbocycles. The molecule has 5 heteroatoms. The summed E-state index contributed by atoms with van der Waals surface area (Å²) in [6.07, 6.45) is 1.76. The first-order valence-corrected chi connectivity index (χ1v) is 11.6. The second kappa shape index (κ2) is 11.1. The van der Waals surface area contributed by atoms with Crippen molar-refractivity contribution in [3.63, 3.8) is 0 Å². The van der Waals surface area contributed by atoms with E-state index in [0.29, 0.717) is 24.4 Å². The lowest BCUT2D eigenvalue weighted by Gasteiger charge is -2.30. The standard InChI is InChI=1S/C27H31ClN2O2/c1-4-19(2)29-27(32)20(3)30(18-23-11-6-8-15-25(23)28)26(31)17-16-22-13-9-12-21-10-5-7-14-24(21)22/h5-15,19-20H,4,16-18H2,1-3H3,(H,29,32)/t19-,20+/m1/s1. The molecule has 0 fully saturated rings. The molecule has 0 aromatic heterocycles. The van der Waals surface area contributed by atoms with E-state index < -0.39 is 6.04 Å². The Bertz CT molecular complexity index is 1080. The average Bonchev–Trinajstić information content (AvgIpc) is 2.81. The Morgan fingerprint density at radius 1 is 0.938 bits per heavy atom. The van der Waals surface area contributed by atoms with Crippen LogP contribution in [0.1, 0.15) is 44.7 Å². The third-order valence-electron chi connectivity index (χ3n) is 5.95. The zero-order valence-electron chi connectivity index (χ0n) is 19.0. The summed E-state index contributed by atoms with van der Waals surface area (Å²) in [4.78, 5) is 27.9. The van der Waals surface area contributed by atoms with Crippen LogP contribution in [0.4, 0.5) is 0 Å². The van der Waals surface area contributed by atoms with Gasteiger partial charge in [0.05, 0.1) is 0 Å². The molecule has 0 aliphatic heterocycles. The summed E-state index contributed by atoms with van der Waals surface area (Å²) in [7, 11) is 0. The van der Waals surface area contributed by atoms with E-state index in [1.54, 1.807) is 17.9 Å². The molecule has 2 amide bonds. The van der Waals surface area contributed by atoms with Crippen LogP contribution in [-0.4, -0.2) is 28.8 Å². The van der Waals surface area contributed by atoms with Crippen molar-refractivity contribution in [2.24, 2.45) is 0 Å². The molecule has 3 rings (SSSR count). The number of benzene rings is 3. The minimum Gasteiger partial charge on any atom is -0.352 e. The zero-order chi connectivity index (χ0) is 23.1. The number of amides is 2. The van der Waals surface area contributed by atoms with Gasteiger partial charge in [0.2, 0.25) is 11.8 Å². The number of hydrogen-bond donors (Lipinski definition) is 1. The molecule has 168 valence electrons. The summed E-state index contributed by atoms with van der Waals surface area (Å²) in [5.41, 5.74) is 1.96. The summed E-state index contributed by atoms with van der Waals surface area (Å²) in [5.74, 6) is -0.213. The number of nitrogens with one attached hydrogen (secondary N) is 1. The fraction of sp³-hybridized carbons (Fsp3) is 0.333. The maximum atomic E-state index is 13.4. The van der Waals surface area contributed by atoms with Crippen LogP contribution in [-0.2, 0) is 22.6 Å². The Hall–Kier alpha value is -2.85. The predicted molar refractivity (Wildman–Crippen MR) is 132 cm³/mol. The first-order chi connectivity index (χ1) is 15.4. The van der Waals surface area contributed by atoms with Crippen molar-refractivity contribution >= 4 is 34.2 Å². The molecule has 0 heterocycles. The fourth-order valence-corrected chi connectivity index (χ4v) is 3.95. The molecular formula is C27H31ClN2O2. The molecule has 0 saturated carbocycles. The van der Waals surface area contributed by atoms with E-state index >= 15 is 0 Å². The van der Waals surface area contributed by atoms with Crippen LogP contribution < -0.4 is 5.32 Å². The van der Waals surface area contributed by atoms with Gasteiger partial charge in [0.1, 0.15) is 6.04 Å².